The molecule has 4 nitrogen and oxygen atoms in total. The average molecular weight is 413 g/mol. The number of hydrogen-bond donors (Lipinski definition) is 1. The molecule has 1 heterocycles. The first-order chi connectivity index (χ1) is 6.73. The normalized spacial score (nSPS) is 12.1. The number of hydrogen-bond acceptors (Lipinski definition) is 3. The molecule has 0 saturated carbocycles. The fourth-order valence-corrected chi connectivity index (χ4v) is 3.23. The maximum absolute atomic E-state index is 12.5. The third kappa shape index (κ3) is 3.04. The van der Waals surface area contributed by atoms with Crippen molar-refractivity contribution in [2.75, 3.05) is 0 Å². The summed E-state index contributed by atoms with van der Waals surface area (Å²) < 4.78 is 46.8. The molecule has 0 aliphatic carbocycles. The highest BCUT2D eigenvalue weighted by molar-refractivity contribution is 14.1. The molecule has 1 aromatic rings. The number of alkyl halides is 2. The average Bonchev–Trinajstić information content (AvgIpc) is 2.06. The zero-order valence-corrected chi connectivity index (χ0v) is 11.5. The van der Waals surface area contributed by atoms with Gasteiger partial charge in [0.25, 0.3) is 16.4 Å². The first kappa shape index (κ1) is 13.2. The summed E-state index contributed by atoms with van der Waals surface area (Å²) in [7, 11) is -4.11. The van der Waals surface area contributed by atoms with Gasteiger partial charge in [-0.1, -0.05) is 0 Å². The van der Waals surface area contributed by atoms with Gasteiger partial charge in [0.05, 0.1) is 4.47 Å². The molecule has 0 bridgehead atoms. The van der Waals surface area contributed by atoms with E-state index in [1.54, 1.807) is 22.6 Å². The quantitative estimate of drug-likeness (QED) is 0.596. The second kappa shape index (κ2) is 4.55. The van der Waals surface area contributed by atoms with Crippen molar-refractivity contribution in [3.63, 3.8) is 0 Å². The van der Waals surface area contributed by atoms with Crippen LogP contribution < -0.4 is 5.14 Å². The molecule has 0 aliphatic heterocycles. The van der Waals surface area contributed by atoms with Gasteiger partial charge < -0.3 is 0 Å². The largest absolute Gasteiger partial charge is 0.265 e. The molecule has 1 aromatic heterocycles. The van der Waals surface area contributed by atoms with Crippen LogP contribution in [-0.2, 0) is 10.0 Å². The van der Waals surface area contributed by atoms with Crippen LogP contribution in [0.3, 0.4) is 0 Å². The molecule has 15 heavy (non-hydrogen) atoms. The van der Waals surface area contributed by atoms with E-state index in [4.69, 9.17) is 5.14 Å². The first-order valence-electron chi connectivity index (χ1n) is 3.40. The van der Waals surface area contributed by atoms with Crippen LogP contribution in [0.1, 0.15) is 12.0 Å². The summed E-state index contributed by atoms with van der Waals surface area (Å²) in [4.78, 5) is 3.58. The van der Waals surface area contributed by atoms with Crippen molar-refractivity contribution in [3.05, 3.63) is 19.8 Å². The highest BCUT2D eigenvalue weighted by atomic mass is 127. The van der Waals surface area contributed by atoms with Crippen LogP contribution in [0.5, 0.6) is 0 Å². The fourth-order valence-electron chi connectivity index (χ4n) is 0.841. The van der Waals surface area contributed by atoms with E-state index in [1.165, 1.54) is 0 Å². The van der Waals surface area contributed by atoms with Crippen LogP contribution in [0.15, 0.2) is 15.6 Å². The zero-order valence-electron chi connectivity index (χ0n) is 6.92. The molecule has 84 valence electrons. The number of nitrogens with zero attached hydrogens (tertiary/aromatic N) is 1. The summed E-state index contributed by atoms with van der Waals surface area (Å²) in [6.07, 6.45) is -2.80. The van der Waals surface area contributed by atoms with E-state index in [0.29, 0.717) is 0 Å². The predicted octanol–water partition coefficient (Wildman–Crippen LogP) is 2.03. The Labute approximate surface area is 107 Å². The number of sulfonamides is 1. The molecule has 0 fully saturated rings. The number of primary sulfonamides is 1. The van der Waals surface area contributed by atoms with E-state index in [2.05, 4.69) is 20.9 Å². The van der Waals surface area contributed by atoms with Crippen LogP contribution >= 0.6 is 38.5 Å². The molecule has 0 atom stereocenters. The monoisotopic (exact) mass is 412 g/mol. The minimum absolute atomic E-state index is 0.134. The van der Waals surface area contributed by atoms with Gasteiger partial charge in [-0.15, -0.1) is 0 Å². The van der Waals surface area contributed by atoms with Gasteiger partial charge in [-0.05, 0) is 44.6 Å². The second-order valence-corrected chi connectivity index (χ2v) is 5.87. The molecule has 9 heteroatoms. The van der Waals surface area contributed by atoms with E-state index in [0.717, 1.165) is 6.07 Å². The molecule has 0 saturated heterocycles. The lowest BCUT2D eigenvalue weighted by Crippen LogP contribution is -2.16. The van der Waals surface area contributed by atoms with E-state index in [-0.39, 0.29) is 8.17 Å². The van der Waals surface area contributed by atoms with Crippen molar-refractivity contribution >= 4 is 48.5 Å². The molecule has 0 aromatic carbocycles. The van der Waals surface area contributed by atoms with Gasteiger partial charge in [0.15, 0.2) is 5.03 Å². The Morgan fingerprint density at radius 3 is 2.47 bits per heavy atom. The summed E-state index contributed by atoms with van der Waals surface area (Å²) in [5.41, 5.74) is -0.446. The highest BCUT2D eigenvalue weighted by Crippen LogP contribution is 2.31. The van der Waals surface area contributed by atoms with Crippen LogP contribution in [0.2, 0.25) is 0 Å². The zero-order chi connectivity index (χ0) is 11.8. The van der Waals surface area contributed by atoms with Gasteiger partial charge in [0.2, 0.25) is 0 Å². The third-order valence-electron chi connectivity index (χ3n) is 1.43. The molecular weight excluding hydrogens is 409 g/mol. The summed E-state index contributed by atoms with van der Waals surface area (Å²) in [6.45, 7) is 0. The maximum atomic E-state index is 12.5. The number of aromatic nitrogens is 1. The molecular formula is C6H4BrF2IN2O2S. The predicted molar refractivity (Wildman–Crippen MR) is 61.0 cm³/mol. The summed E-state index contributed by atoms with van der Waals surface area (Å²) in [5.74, 6) is 0. The minimum Gasteiger partial charge on any atom is -0.228 e. The lowest BCUT2D eigenvalue weighted by Gasteiger charge is -2.07. The Balaban J connectivity index is 3.56. The standard InChI is InChI=1S/C6H4BrF2IN2O2S/c7-4-2(5(8)9)1-3(10)12-6(4)15(11,13)14/h1,5H,(H2,11,13,14). The SMILES string of the molecule is NS(=O)(=O)c1nc(I)cc(C(F)F)c1Br. The van der Waals surface area contributed by atoms with Gasteiger partial charge in [-0.3, -0.25) is 0 Å². The number of rotatable bonds is 2. The molecule has 0 amide bonds. The van der Waals surface area contributed by atoms with Crippen molar-refractivity contribution in [2.45, 2.75) is 11.5 Å². The smallest absolute Gasteiger partial charge is 0.228 e. The highest BCUT2D eigenvalue weighted by Gasteiger charge is 2.22. The molecule has 0 radical (unpaired) electrons. The van der Waals surface area contributed by atoms with Gasteiger partial charge in [-0.25, -0.2) is 27.3 Å². The van der Waals surface area contributed by atoms with E-state index in [1.807, 2.05) is 0 Å². The Morgan fingerprint density at radius 1 is 1.53 bits per heavy atom. The van der Waals surface area contributed by atoms with Crippen molar-refractivity contribution in [1.82, 2.24) is 4.98 Å². The van der Waals surface area contributed by atoms with Gasteiger partial charge in [-0.2, -0.15) is 0 Å². The van der Waals surface area contributed by atoms with Gasteiger partial charge >= 0.3 is 0 Å². The molecule has 0 spiro atoms. The minimum atomic E-state index is -4.11. The lowest BCUT2D eigenvalue weighted by atomic mass is 10.3. The summed E-state index contributed by atoms with van der Waals surface area (Å²) in [5, 5.41) is 4.25. The number of nitrogens with two attached hydrogens (primary N) is 1. The number of halogens is 4. The third-order valence-corrected chi connectivity index (χ3v) is 3.91. The molecule has 1 rings (SSSR count). The second-order valence-electron chi connectivity index (χ2n) is 2.50. The Bertz CT molecular complexity index is 494. The first-order valence-corrected chi connectivity index (χ1v) is 6.82. The lowest BCUT2D eigenvalue weighted by molar-refractivity contribution is 0.150. The summed E-state index contributed by atoms with van der Waals surface area (Å²) in [6, 6.07) is 1.09. The summed E-state index contributed by atoms with van der Waals surface area (Å²) >= 11 is 4.38. The molecule has 0 unspecified atom stereocenters. The van der Waals surface area contributed by atoms with E-state index in [9.17, 15) is 17.2 Å². The van der Waals surface area contributed by atoms with Crippen molar-refractivity contribution in [3.8, 4) is 0 Å². The van der Waals surface area contributed by atoms with Crippen molar-refractivity contribution in [2.24, 2.45) is 5.14 Å². The van der Waals surface area contributed by atoms with Gasteiger partial charge in [0.1, 0.15) is 3.70 Å². The van der Waals surface area contributed by atoms with Crippen LogP contribution in [0.25, 0.3) is 0 Å². The van der Waals surface area contributed by atoms with Gasteiger partial charge in [0, 0.05) is 5.56 Å². The maximum Gasteiger partial charge on any atom is 0.265 e. The van der Waals surface area contributed by atoms with Crippen LogP contribution in [-0.4, -0.2) is 13.4 Å². The Kier molecular flexibility index (Phi) is 4.01. The van der Waals surface area contributed by atoms with Crippen LogP contribution in [0.4, 0.5) is 8.78 Å². The number of pyridine rings is 1. The van der Waals surface area contributed by atoms with E-state index >= 15 is 0 Å². The Hall–Kier alpha value is 0.130. The molecule has 2 N–H and O–H groups in total. The molecule has 0 aliphatic rings. The fraction of sp³-hybridized carbons (Fsp3) is 0.167. The van der Waals surface area contributed by atoms with Crippen molar-refractivity contribution in [1.29, 1.82) is 0 Å². The van der Waals surface area contributed by atoms with Crippen LogP contribution in [0, 0.1) is 3.70 Å². The van der Waals surface area contributed by atoms with Crippen molar-refractivity contribution < 1.29 is 17.2 Å². The topological polar surface area (TPSA) is 73.1 Å². The Morgan fingerprint density at radius 2 is 2.07 bits per heavy atom. The van der Waals surface area contributed by atoms with E-state index < -0.39 is 27.0 Å².